The molecule has 0 saturated carbocycles. The molecule has 0 saturated heterocycles. The van der Waals surface area contributed by atoms with Crippen LogP contribution >= 0.6 is 11.6 Å². The zero-order valence-corrected chi connectivity index (χ0v) is 25.3. The van der Waals surface area contributed by atoms with Gasteiger partial charge in [0.15, 0.2) is 0 Å². The number of carbonyl (C=O) groups is 3. The third-order valence-corrected chi connectivity index (χ3v) is 8.54. The summed E-state index contributed by atoms with van der Waals surface area (Å²) < 4.78 is 61.3. The summed E-state index contributed by atoms with van der Waals surface area (Å²) in [5.41, 5.74) is 0.440. The number of rotatable bonds is 3. The van der Waals surface area contributed by atoms with Crippen LogP contribution in [0.4, 0.5) is 23.2 Å². The highest BCUT2D eigenvalue weighted by molar-refractivity contribution is 6.31. The van der Waals surface area contributed by atoms with Crippen LogP contribution in [0.3, 0.4) is 0 Å². The number of pyridine rings is 1. The Labute approximate surface area is 262 Å². The predicted octanol–water partition coefficient (Wildman–Crippen LogP) is 7.85. The molecule has 0 radical (unpaired) electrons. The van der Waals surface area contributed by atoms with Gasteiger partial charge in [-0.05, 0) is 72.9 Å². The van der Waals surface area contributed by atoms with Crippen molar-refractivity contribution in [1.82, 2.24) is 9.88 Å². The monoisotopic (exact) mass is 643 g/mol. The van der Waals surface area contributed by atoms with Crippen molar-refractivity contribution < 1.29 is 36.7 Å². The van der Waals surface area contributed by atoms with Crippen LogP contribution in [0.2, 0.25) is 5.02 Å². The van der Waals surface area contributed by atoms with Gasteiger partial charge >= 0.3 is 12.1 Å². The number of nitrogens with zero attached hydrogens (tertiary/aromatic N) is 2. The van der Waals surface area contributed by atoms with E-state index in [-0.39, 0.29) is 35.9 Å². The third kappa shape index (κ3) is 6.73. The molecule has 45 heavy (non-hydrogen) atoms. The number of aromatic nitrogens is 1. The van der Waals surface area contributed by atoms with Crippen molar-refractivity contribution in [3.63, 3.8) is 0 Å². The van der Waals surface area contributed by atoms with E-state index < -0.39 is 46.1 Å². The fraction of sp³-hybridized carbons (Fsp3) is 0.333. The second kappa shape index (κ2) is 13.0. The Balaban J connectivity index is 1.56. The number of benzene rings is 2. The number of hydrogen-bond acceptors (Lipinski definition) is 5. The molecule has 0 aliphatic carbocycles. The van der Waals surface area contributed by atoms with E-state index in [1.807, 2.05) is 6.92 Å². The van der Waals surface area contributed by atoms with E-state index in [2.05, 4.69) is 10.3 Å². The van der Waals surface area contributed by atoms with Crippen molar-refractivity contribution in [3.05, 3.63) is 88.0 Å². The van der Waals surface area contributed by atoms with Gasteiger partial charge in [-0.15, -0.1) is 0 Å². The van der Waals surface area contributed by atoms with Crippen molar-refractivity contribution in [2.24, 2.45) is 5.92 Å². The number of fused-ring (bicyclic) bond motifs is 4. The van der Waals surface area contributed by atoms with E-state index in [0.717, 1.165) is 12.1 Å². The van der Waals surface area contributed by atoms with Gasteiger partial charge in [-0.2, -0.15) is 13.2 Å². The highest BCUT2D eigenvalue weighted by atomic mass is 35.5. The van der Waals surface area contributed by atoms with E-state index in [9.17, 15) is 27.6 Å². The van der Waals surface area contributed by atoms with Crippen molar-refractivity contribution in [1.29, 1.82) is 0 Å². The van der Waals surface area contributed by atoms with Gasteiger partial charge < -0.3 is 15.0 Å². The molecular formula is C33H30ClF4N3O4. The average Bonchev–Trinajstić information content (AvgIpc) is 3.01. The summed E-state index contributed by atoms with van der Waals surface area (Å²) in [6.07, 6.45) is 0.0578. The summed E-state index contributed by atoms with van der Waals surface area (Å²) in [5, 5.41) is 2.49. The molecule has 2 aliphatic rings. The number of halogens is 5. The molecule has 3 aromatic rings. The van der Waals surface area contributed by atoms with Crippen molar-refractivity contribution in [2.45, 2.75) is 51.2 Å². The van der Waals surface area contributed by atoms with Gasteiger partial charge in [0.2, 0.25) is 11.8 Å². The lowest BCUT2D eigenvalue weighted by Gasteiger charge is -2.34. The molecule has 2 bridgehead atoms. The second-order valence-electron chi connectivity index (χ2n) is 11.1. The van der Waals surface area contributed by atoms with Crippen LogP contribution in [0.1, 0.15) is 72.2 Å². The third-order valence-electron chi connectivity index (χ3n) is 8.24. The molecule has 2 aromatic carbocycles. The van der Waals surface area contributed by atoms with Gasteiger partial charge in [-0.25, -0.2) is 9.18 Å². The quantitative estimate of drug-likeness (QED) is 0.232. The van der Waals surface area contributed by atoms with Gasteiger partial charge in [0.1, 0.15) is 5.82 Å². The summed E-state index contributed by atoms with van der Waals surface area (Å²) in [4.78, 5) is 45.0. The maximum absolute atomic E-state index is 15.0. The van der Waals surface area contributed by atoms with E-state index in [1.165, 1.54) is 12.0 Å². The summed E-state index contributed by atoms with van der Waals surface area (Å²) >= 11 is 5.84. The minimum Gasteiger partial charge on any atom is -0.465 e. The van der Waals surface area contributed by atoms with Gasteiger partial charge in [0.05, 0.1) is 35.0 Å². The van der Waals surface area contributed by atoms with Crippen molar-refractivity contribution in [2.75, 3.05) is 19.0 Å². The fourth-order valence-corrected chi connectivity index (χ4v) is 5.99. The summed E-state index contributed by atoms with van der Waals surface area (Å²) in [7, 11) is 1.27. The Morgan fingerprint density at radius 1 is 1.09 bits per heavy atom. The number of anilines is 1. The lowest BCUT2D eigenvalue weighted by Crippen LogP contribution is -2.38. The number of alkyl halides is 3. The van der Waals surface area contributed by atoms with E-state index in [4.69, 9.17) is 16.3 Å². The van der Waals surface area contributed by atoms with Gasteiger partial charge in [-0.1, -0.05) is 31.4 Å². The lowest BCUT2D eigenvalue weighted by atomic mass is 9.91. The first-order valence-corrected chi connectivity index (χ1v) is 14.8. The van der Waals surface area contributed by atoms with Crippen LogP contribution in [0.5, 0.6) is 0 Å². The van der Waals surface area contributed by atoms with Crippen LogP contribution in [-0.4, -0.2) is 41.3 Å². The average molecular weight is 644 g/mol. The molecule has 2 unspecified atom stereocenters. The van der Waals surface area contributed by atoms with Crippen LogP contribution in [0.25, 0.3) is 16.7 Å². The molecule has 12 heteroatoms. The number of nitrogens with one attached hydrogen (secondary N) is 1. The van der Waals surface area contributed by atoms with Gasteiger partial charge in [0, 0.05) is 41.5 Å². The number of carbonyl (C=O) groups excluding carboxylic acids is 3. The van der Waals surface area contributed by atoms with Gasteiger partial charge in [-0.3, -0.25) is 14.6 Å². The molecule has 0 spiro atoms. The minimum absolute atomic E-state index is 0.0179. The Hall–Kier alpha value is -4.25. The SMILES string of the molecule is COC(=O)c1ccc2c(c1)-c1ccnc(c1)C(N1CCC(c3c(C(F)(F)F)ccc(Cl)c3F)=CC1=O)CCCCC(C)C(=O)N2. The molecule has 0 fully saturated rings. The largest absolute Gasteiger partial charge is 0.465 e. The zero-order chi connectivity index (χ0) is 32.5. The molecule has 5 rings (SSSR count). The zero-order valence-electron chi connectivity index (χ0n) is 24.5. The second-order valence-corrected chi connectivity index (χ2v) is 11.6. The maximum atomic E-state index is 15.0. The lowest BCUT2D eigenvalue weighted by molar-refractivity contribution is -0.138. The number of amides is 2. The highest BCUT2D eigenvalue weighted by Gasteiger charge is 2.38. The molecule has 1 aromatic heterocycles. The Morgan fingerprint density at radius 3 is 2.56 bits per heavy atom. The fourth-order valence-electron chi connectivity index (χ4n) is 5.84. The Bertz CT molecular complexity index is 1690. The molecule has 7 nitrogen and oxygen atoms in total. The Morgan fingerprint density at radius 2 is 1.84 bits per heavy atom. The Kier molecular flexibility index (Phi) is 9.29. The maximum Gasteiger partial charge on any atom is 0.417 e. The molecule has 2 atom stereocenters. The number of ether oxygens (including phenoxy) is 1. The highest BCUT2D eigenvalue weighted by Crippen LogP contribution is 2.42. The van der Waals surface area contributed by atoms with Crippen molar-refractivity contribution in [3.8, 4) is 11.1 Å². The number of methoxy groups -OCH3 is 1. The van der Waals surface area contributed by atoms with Crippen molar-refractivity contribution >= 4 is 40.6 Å². The molecule has 2 aliphatic heterocycles. The molecule has 1 N–H and O–H groups in total. The number of esters is 1. The van der Waals surface area contributed by atoms with Crippen LogP contribution in [0, 0.1) is 11.7 Å². The molecule has 2 amide bonds. The normalized spacial score (nSPS) is 19.4. The van der Waals surface area contributed by atoms with Crippen LogP contribution in [0.15, 0.2) is 54.7 Å². The minimum atomic E-state index is -4.85. The molecule has 3 heterocycles. The summed E-state index contributed by atoms with van der Waals surface area (Å²) in [5.74, 6) is -2.86. The smallest absolute Gasteiger partial charge is 0.417 e. The summed E-state index contributed by atoms with van der Waals surface area (Å²) in [6.45, 7) is 1.84. The van der Waals surface area contributed by atoms with Crippen LogP contribution < -0.4 is 5.32 Å². The van der Waals surface area contributed by atoms with E-state index in [1.54, 1.807) is 36.5 Å². The van der Waals surface area contributed by atoms with E-state index in [0.29, 0.717) is 54.3 Å². The predicted molar refractivity (Wildman–Crippen MR) is 161 cm³/mol. The van der Waals surface area contributed by atoms with Crippen LogP contribution in [-0.2, 0) is 20.5 Å². The first-order chi connectivity index (χ1) is 21.4. The number of hydrogen-bond donors (Lipinski definition) is 1. The topological polar surface area (TPSA) is 88.6 Å². The van der Waals surface area contributed by atoms with Gasteiger partial charge in [0.25, 0.3) is 0 Å². The summed E-state index contributed by atoms with van der Waals surface area (Å²) in [6, 6.07) is 9.29. The molecule has 236 valence electrons. The van der Waals surface area contributed by atoms with E-state index >= 15 is 4.39 Å². The standard InChI is InChI=1S/C33H30ClF4N3O4/c1-18-5-3-4-6-27(41-14-12-20(17-28(41)42)29-23(33(36,37)38)8-9-24(34)30(29)35)26-16-19(11-13-39-26)22-15-21(32(44)45-2)7-10-25(22)40-31(18)43/h7-11,13,15-18,27H,3-6,12,14H2,1-2H3,(H,40,43). The molecular weight excluding hydrogens is 614 g/mol. The first kappa shape index (κ1) is 32.2. The first-order valence-electron chi connectivity index (χ1n) is 14.4.